The molecule has 0 aliphatic rings. The van der Waals surface area contributed by atoms with E-state index in [0.29, 0.717) is 30.8 Å². The molecule has 0 saturated carbocycles. The summed E-state index contributed by atoms with van der Waals surface area (Å²) in [5, 5.41) is 21.6. The Morgan fingerprint density at radius 2 is 1.84 bits per heavy atom. The number of hydrogen-bond donors (Lipinski definition) is 3. The Balaban J connectivity index is 1.36. The Morgan fingerprint density at radius 1 is 1.09 bits per heavy atom. The first-order valence-electron chi connectivity index (χ1n) is 10.1. The van der Waals surface area contributed by atoms with Gasteiger partial charge in [0.1, 0.15) is 23.3 Å². The van der Waals surface area contributed by atoms with E-state index in [-0.39, 0.29) is 23.2 Å². The number of nitriles is 1. The van der Waals surface area contributed by atoms with Crippen LogP contribution >= 0.6 is 0 Å². The molecule has 4 aromatic rings. The van der Waals surface area contributed by atoms with Crippen LogP contribution in [0.25, 0.3) is 16.5 Å². The second kappa shape index (κ2) is 9.18. The van der Waals surface area contributed by atoms with Gasteiger partial charge in [0.25, 0.3) is 0 Å². The number of halogens is 1. The minimum absolute atomic E-state index is 0.204. The van der Waals surface area contributed by atoms with Crippen LogP contribution in [0.2, 0.25) is 0 Å². The summed E-state index contributed by atoms with van der Waals surface area (Å²) in [5.41, 5.74) is 8.20. The number of nitrogens with two attached hydrogens (primary N) is 1. The summed E-state index contributed by atoms with van der Waals surface area (Å²) in [5.74, 6) is -0.163. The lowest BCUT2D eigenvalue weighted by Crippen LogP contribution is -2.29. The van der Waals surface area contributed by atoms with Gasteiger partial charge in [-0.1, -0.05) is 36.4 Å². The summed E-state index contributed by atoms with van der Waals surface area (Å²) in [7, 11) is 0. The van der Waals surface area contributed by atoms with Crippen LogP contribution < -0.4 is 16.4 Å². The Kier molecular flexibility index (Phi) is 5.99. The van der Waals surface area contributed by atoms with Crippen molar-refractivity contribution in [3.8, 4) is 11.8 Å². The first-order valence-corrected chi connectivity index (χ1v) is 10.1. The van der Waals surface area contributed by atoms with Crippen molar-refractivity contribution in [3.05, 3.63) is 83.8 Å². The fraction of sp³-hybridized carbons (Fsp3) is 0.125. The quantitative estimate of drug-likeness (QED) is 0.396. The van der Waals surface area contributed by atoms with Gasteiger partial charge in [-0.15, -0.1) is 0 Å². The average Bonchev–Trinajstić information content (AvgIpc) is 3.12. The number of nitrogens with zero attached hydrogens (tertiary/aromatic N) is 3. The van der Waals surface area contributed by atoms with E-state index in [1.54, 1.807) is 12.1 Å². The third-order valence-corrected chi connectivity index (χ3v) is 5.09. The molecule has 1 heterocycles. The Labute approximate surface area is 184 Å². The Bertz CT molecular complexity index is 1300. The van der Waals surface area contributed by atoms with Crippen LogP contribution in [0.1, 0.15) is 17.7 Å². The monoisotopic (exact) mass is 428 g/mol. The highest BCUT2D eigenvalue weighted by atomic mass is 19.1. The molecule has 0 aliphatic carbocycles. The van der Waals surface area contributed by atoms with Gasteiger partial charge in [0, 0.05) is 11.9 Å². The molecule has 4 rings (SSSR count). The minimum atomic E-state index is -0.368. The molecule has 3 aromatic carbocycles. The molecule has 160 valence electrons. The van der Waals surface area contributed by atoms with E-state index < -0.39 is 0 Å². The number of aryl methyl sites for hydroxylation is 1. The predicted octanol–water partition coefficient (Wildman–Crippen LogP) is 4.37. The van der Waals surface area contributed by atoms with Crippen molar-refractivity contribution in [2.45, 2.75) is 12.8 Å². The minimum Gasteiger partial charge on any atom is -0.382 e. The van der Waals surface area contributed by atoms with Gasteiger partial charge >= 0.3 is 6.03 Å². The molecule has 0 atom stereocenters. The van der Waals surface area contributed by atoms with E-state index in [9.17, 15) is 14.4 Å². The third kappa shape index (κ3) is 4.37. The molecular weight excluding hydrogens is 407 g/mol. The van der Waals surface area contributed by atoms with Crippen molar-refractivity contribution < 1.29 is 9.18 Å². The van der Waals surface area contributed by atoms with Gasteiger partial charge in [-0.05, 0) is 48.6 Å². The van der Waals surface area contributed by atoms with Gasteiger partial charge in [0.2, 0.25) is 0 Å². The van der Waals surface area contributed by atoms with Gasteiger partial charge < -0.3 is 16.4 Å². The highest BCUT2D eigenvalue weighted by Gasteiger charge is 2.16. The second-order valence-electron chi connectivity index (χ2n) is 7.22. The second-order valence-corrected chi connectivity index (χ2v) is 7.22. The normalized spacial score (nSPS) is 10.6. The number of hydrogen-bond acceptors (Lipinski definition) is 4. The van der Waals surface area contributed by atoms with Crippen LogP contribution in [-0.4, -0.2) is 22.4 Å². The SMILES string of the molecule is N#Cc1c(CCCNC(=O)Nc2cccc3ccccc23)nn(-c2ccc(F)cc2)c1N. The zero-order chi connectivity index (χ0) is 22.5. The van der Waals surface area contributed by atoms with Gasteiger partial charge in [-0.25, -0.2) is 13.9 Å². The van der Waals surface area contributed by atoms with Crippen molar-refractivity contribution in [1.29, 1.82) is 5.26 Å². The van der Waals surface area contributed by atoms with Gasteiger partial charge in [-0.2, -0.15) is 10.4 Å². The number of amides is 2. The molecule has 0 spiro atoms. The number of rotatable bonds is 6. The number of nitrogens with one attached hydrogen (secondary N) is 2. The van der Waals surface area contributed by atoms with Gasteiger partial charge in [0.05, 0.1) is 17.1 Å². The number of anilines is 2. The van der Waals surface area contributed by atoms with Gasteiger partial charge in [-0.3, -0.25) is 0 Å². The maximum atomic E-state index is 13.2. The summed E-state index contributed by atoms with van der Waals surface area (Å²) in [6, 6.07) is 21.0. The number of fused-ring (bicyclic) bond motifs is 1. The zero-order valence-corrected chi connectivity index (χ0v) is 17.2. The van der Waals surface area contributed by atoms with Crippen LogP contribution in [-0.2, 0) is 6.42 Å². The highest BCUT2D eigenvalue weighted by molar-refractivity contribution is 6.01. The summed E-state index contributed by atoms with van der Waals surface area (Å²) >= 11 is 0. The molecule has 0 bridgehead atoms. The van der Waals surface area contributed by atoms with Crippen molar-refractivity contribution in [3.63, 3.8) is 0 Å². The van der Waals surface area contributed by atoms with Crippen molar-refractivity contribution in [1.82, 2.24) is 15.1 Å². The van der Waals surface area contributed by atoms with Crippen molar-refractivity contribution in [2.75, 3.05) is 17.6 Å². The Morgan fingerprint density at radius 3 is 2.62 bits per heavy atom. The summed E-state index contributed by atoms with van der Waals surface area (Å²) in [4.78, 5) is 12.3. The lowest BCUT2D eigenvalue weighted by molar-refractivity contribution is 0.252. The fourth-order valence-corrected chi connectivity index (χ4v) is 3.51. The predicted molar refractivity (Wildman–Crippen MR) is 122 cm³/mol. The molecule has 0 unspecified atom stereocenters. The smallest absolute Gasteiger partial charge is 0.319 e. The molecule has 7 nitrogen and oxygen atoms in total. The van der Waals surface area contributed by atoms with E-state index in [0.717, 1.165) is 16.5 Å². The zero-order valence-electron chi connectivity index (χ0n) is 17.2. The van der Waals surface area contributed by atoms with E-state index >= 15 is 0 Å². The highest BCUT2D eigenvalue weighted by Crippen LogP contribution is 2.23. The average molecular weight is 428 g/mol. The van der Waals surface area contributed by atoms with Crippen molar-refractivity contribution in [2.24, 2.45) is 0 Å². The van der Waals surface area contributed by atoms with E-state index in [1.807, 2.05) is 42.5 Å². The molecule has 32 heavy (non-hydrogen) atoms. The largest absolute Gasteiger partial charge is 0.382 e. The topological polar surface area (TPSA) is 109 Å². The molecule has 0 radical (unpaired) electrons. The lowest BCUT2D eigenvalue weighted by atomic mass is 10.1. The molecule has 0 fully saturated rings. The molecule has 1 aromatic heterocycles. The maximum absolute atomic E-state index is 13.2. The first kappa shape index (κ1) is 20.9. The third-order valence-electron chi connectivity index (χ3n) is 5.09. The van der Waals surface area contributed by atoms with E-state index in [2.05, 4.69) is 21.8 Å². The van der Waals surface area contributed by atoms with E-state index in [1.165, 1.54) is 16.8 Å². The number of benzene rings is 3. The molecule has 4 N–H and O–H groups in total. The standard InChI is InChI=1S/C24H21FN6O/c25-17-10-12-18(13-11-17)31-23(27)20(15-26)22(30-31)9-4-14-28-24(32)29-21-8-3-6-16-5-1-2-7-19(16)21/h1-3,5-8,10-13H,4,9,14,27H2,(H2,28,29,32). The van der Waals surface area contributed by atoms with Crippen LogP contribution in [0.4, 0.5) is 20.7 Å². The van der Waals surface area contributed by atoms with Crippen LogP contribution in [0.5, 0.6) is 0 Å². The van der Waals surface area contributed by atoms with E-state index in [4.69, 9.17) is 5.73 Å². The number of carbonyl (C=O) groups is 1. The molecular formula is C24H21FN6O. The van der Waals surface area contributed by atoms with Gasteiger partial charge in [0.15, 0.2) is 0 Å². The lowest BCUT2D eigenvalue weighted by Gasteiger charge is -2.10. The van der Waals surface area contributed by atoms with Crippen LogP contribution in [0.3, 0.4) is 0 Å². The van der Waals surface area contributed by atoms with Crippen LogP contribution in [0.15, 0.2) is 66.7 Å². The molecule has 2 amide bonds. The summed E-state index contributed by atoms with van der Waals surface area (Å²) in [6.45, 7) is 0.394. The summed E-state index contributed by atoms with van der Waals surface area (Å²) < 4.78 is 14.6. The molecule has 0 aliphatic heterocycles. The number of nitrogen functional groups attached to an aromatic ring is 1. The van der Waals surface area contributed by atoms with Crippen LogP contribution in [0, 0.1) is 17.1 Å². The Hall–Kier alpha value is -4.38. The number of urea groups is 1. The molecule has 8 heteroatoms. The maximum Gasteiger partial charge on any atom is 0.319 e. The fourth-order valence-electron chi connectivity index (χ4n) is 3.51. The molecule has 0 saturated heterocycles. The number of carbonyl (C=O) groups excluding carboxylic acids is 1. The summed E-state index contributed by atoms with van der Waals surface area (Å²) in [6.07, 6.45) is 1.02. The first-order chi connectivity index (χ1) is 15.6. The van der Waals surface area contributed by atoms with Crippen molar-refractivity contribution >= 4 is 28.3 Å². The number of aromatic nitrogens is 2.